The number of amides is 1. The summed E-state index contributed by atoms with van der Waals surface area (Å²) in [5.74, 6) is 0.748. The van der Waals surface area contributed by atoms with Gasteiger partial charge < -0.3 is 10.1 Å². The van der Waals surface area contributed by atoms with Crippen LogP contribution in [0.25, 0.3) is 0 Å². The largest absolute Gasteiger partial charge is 0.491 e. The zero-order valence-electron chi connectivity index (χ0n) is 11.0. The van der Waals surface area contributed by atoms with Crippen LogP contribution in [0.3, 0.4) is 0 Å². The first-order valence-corrected chi connectivity index (χ1v) is 6.25. The lowest BCUT2D eigenvalue weighted by Crippen LogP contribution is -2.17. The van der Waals surface area contributed by atoms with Crippen LogP contribution in [-0.2, 0) is 0 Å². The van der Waals surface area contributed by atoms with E-state index in [0.29, 0.717) is 5.69 Å². The number of carbonyl (C=O) groups excluding carboxylic acids is 1. The molecule has 0 aliphatic rings. The van der Waals surface area contributed by atoms with Crippen LogP contribution in [0.15, 0.2) is 43.0 Å². The molecule has 1 amide bonds. The molecule has 5 nitrogen and oxygen atoms in total. The molecular weight excluding hydrogens is 242 g/mol. The highest BCUT2D eigenvalue weighted by molar-refractivity contribution is 5.91. The molecule has 0 fully saturated rings. The van der Waals surface area contributed by atoms with E-state index in [1.165, 1.54) is 10.9 Å². The Morgan fingerprint density at radius 3 is 3.05 bits per heavy atom. The van der Waals surface area contributed by atoms with Crippen molar-refractivity contribution in [1.29, 1.82) is 0 Å². The summed E-state index contributed by atoms with van der Waals surface area (Å²) in [6.45, 7) is 4.08. The van der Waals surface area contributed by atoms with Crippen LogP contribution in [0.5, 0.6) is 5.75 Å². The fourth-order valence-electron chi connectivity index (χ4n) is 1.53. The Morgan fingerprint density at radius 1 is 1.53 bits per heavy atom. The molecule has 19 heavy (non-hydrogen) atoms. The molecule has 0 bridgehead atoms. The van der Waals surface area contributed by atoms with Crippen molar-refractivity contribution in [2.24, 2.45) is 0 Å². The van der Waals surface area contributed by atoms with Gasteiger partial charge in [0.15, 0.2) is 0 Å². The summed E-state index contributed by atoms with van der Waals surface area (Å²) in [6.07, 6.45) is 5.69. The number of imidazole rings is 1. The van der Waals surface area contributed by atoms with Crippen molar-refractivity contribution in [3.8, 4) is 5.75 Å². The molecule has 1 aromatic heterocycles. The summed E-state index contributed by atoms with van der Waals surface area (Å²) in [6, 6.07) is 7.10. The normalized spacial score (nSPS) is 11.9. The van der Waals surface area contributed by atoms with Crippen molar-refractivity contribution < 1.29 is 9.53 Å². The predicted octanol–water partition coefficient (Wildman–Crippen LogP) is 3.14. The lowest BCUT2D eigenvalue weighted by Gasteiger charge is -2.13. The van der Waals surface area contributed by atoms with Crippen LogP contribution in [0.4, 0.5) is 10.5 Å². The molecular formula is C14H17N3O2. The number of ether oxygens (including phenoxy) is 1. The van der Waals surface area contributed by atoms with Crippen molar-refractivity contribution >= 4 is 11.7 Å². The van der Waals surface area contributed by atoms with Gasteiger partial charge in [0.1, 0.15) is 12.1 Å². The van der Waals surface area contributed by atoms with Crippen LogP contribution in [0.1, 0.15) is 20.3 Å². The lowest BCUT2D eigenvalue weighted by atomic mass is 10.3. The average Bonchev–Trinajstić information content (AvgIpc) is 2.93. The van der Waals surface area contributed by atoms with Crippen molar-refractivity contribution in [2.75, 3.05) is 5.32 Å². The third-order valence-electron chi connectivity index (χ3n) is 2.74. The second kappa shape index (κ2) is 6.04. The fraction of sp³-hybridized carbons (Fsp3) is 0.286. The molecule has 5 heteroatoms. The van der Waals surface area contributed by atoms with E-state index in [9.17, 15) is 4.79 Å². The molecule has 0 saturated carbocycles. The van der Waals surface area contributed by atoms with Gasteiger partial charge in [0, 0.05) is 24.1 Å². The average molecular weight is 259 g/mol. The molecule has 2 rings (SSSR count). The van der Waals surface area contributed by atoms with Gasteiger partial charge in [0.05, 0.1) is 6.10 Å². The maximum atomic E-state index is 11.8. The quantitative estimate of drug-likeness (QED) is 0.917. The molecule has 0 aliphatic carbocycles. The Bertz CT molecular complexity index is 537. The first-order valence-electron chi connectivity index (χ1n) is 6.25. The van der Waals surface area contributed by atoms with Gasteiger partial charge in [-0.25, -0.2) is 9.78 Å². The number of hydrogen-bond acceptors (Lipinski definition) is 3. The fourth-order valence-corrected chi connectivity index (χ4v) is 1.53. The topological polar surface area (TPSA) is 56.1 Å². The van der Waals surface area contributed by atoms with E-state index in [4.69, 9.17) is 4.74 Å². The third-order valence-corrected chi connectivity index (χ3v) is 2.74. The lowest BCUT2D eigenvalue weighted by molar-refractivity contribution is 0.217. The smallest absolute Gasteiger partial charge is 0.331 e. The number of nitrogens with zero attached hydrogens (tertiary/aromatic N) is 2. The highest BCUT2D eigenvalue weighted by atomic mass is 16.5. The van der Waals surface area contributed by atoms with Gasteiger partial charge in [-0.15, -0.1) is 0 Å². The first kappa shape index (κ1) is 13.1. The van der Waals surface area contributed by atoms with Crippen molar-refractivity contribution in [3.63, 3.8) is 0 Å². The van der Waals surface area contributed by atoms with Gasteiger partial charge in [-0.3, -0.25) is 4.57 Å². The number of hydrogen-bond donors (Lipinski definition) is 1. The summed E-state index contributed by atoms with van der Waals surface area (Å²) >= 11 is 0. The van der Waals surface area contributed by atoms with E-state index in [1.54, 1.807) is 18.5 Å². The number of carbonyl (C=O) groups is 1. The minimum absolute atomic E-state index is 0.152. The van der Waals surface area contributed by atoms with Gasteiger partial charge in [-0.1, -0.05) is 13.0 Å². The highest BCUT2D eigenvalue weighted by Gasteiger charge is 2.06. The molecule has 0 spiro atoms. The Morgan fingerprint density at radius 2 is 2.37 bits per heavy atom. The summed E-state index contributed by atoms with van der Waals surface area (Å²) in [5, 5.41) is 2.78. The Labute approximate surface area is 112 Å². The van der Waals surface area contributed by atoms with Crippen LogP contribution >= 0.6 is 0 Å². The standard InChI is InChI=1S/C14H17N3O2/c1-3-11(2)19-13-6-4-5-12(9-13)16-14(18)17-8-7-15-10-17/h4-11H,3H2,1-2H3,(H,16,18). The number of anilines is 1. The molecule has 1 heterocycles. The molecule has 100 valence electrons. The van der Waals surface area contributed by atoms with Gasteiger partial charge in [0.2, 0.25) is 0 Å². The molecule has 1 atom stereocenters. The molecule has 0 saturated heterocycles. The number of nitrogens with one attached hydrogen (secondary N) is 1. The Kier molecular flexibility index (Phi) is 4.18. The number of aromatic nitrogens is 2. The van der Waals surface area contributed by atoms with Gasteiger partial charge >= 0.3 is 6.03 Å². The third kappa shape index (κ3) is 3.58. The van der Waals surface area contributed by atoms with E-state index in [1.807, 2.05) is 25.1 Å². The Balaban J connectivity index is 2.05. The van der Waals surface area contributed by atoms with E-state index in [-0.39, 0.29) is 12.1 Å². The van der Waals surface area contributed by atoms with Crippen molar-refractivity contribution in [2.45, 2.75) is 26.4 Å². The molecule has 1 aromatic carbocycles. The number of rotatable bonds is 4. The van der Waals surface area contributed by atoms with Crippen molar-refractivity contribution in [1.82, 2.24) is 9.55 Å². The monoisotopic (exact) mass is 259 g/mol. The molecule has 0 radical (unpaired) electrons. The van der Waals surface area contributed by atoms with E-state index in [0.717, 1.165) is 12.2 Å². The molecule has 1 unspecified atom stereocenters. The highest BCUT2D eigenvalue weighted by Crippen LogP contribution is 2.19. The zero-order chi connectivity index (χ0) is 13.7. The zero-order valence-corrected chi connectivity index (χ0v) is 11.0. The second-order valence-corrected chi connectivity index (χ2v) is 4.26. The van der Waals surface area contributed by atoms with Crippen molar-refractivity contribution in [3.05, 3.63) is 43.0 Å². The van der Waals surface area contributed by atoms with Crippen LogP contribution in [0, 0.1) is 0 Å². The Hall–Kier alpha value is -2.30. The minimum Gasteiger partial charge on any atom is -0.491 e. The molecule has 2 aromatic rings. The SMILES string of the molecule is CCC(C)Oc1cccc(NC(=O)n2ccnc2)c1. The minimum atomic E-state index is -0.252. The molecule has 1 N–H and O–H groups in total. The predicted molar refractivity (Wildman–Crippen MR) is 73.5 cm³/mol. The maximum Gasteiger partial charge on any atom is 0.331 e. The van der Waals surface area contributed by atoms with Crippen LogP contribution < -0.4 is 10.1 Å². The van der Waals surface area contributed by atoms with E-state index < -0.39 is 0 Å². The maximum absolute atomic E-state index is 11.8. The summed E-state index contributed by atoms with van der Waals surface area (Å²) in [5.41, 5.74) is 0.694. The summed E-state index contributed by atoms with van der Waals surface area (Å²) in [4.78, 5) is 15.7. The summed E-state index contributed by atoms with van der Waals surface area (Å²) in [7, 11) is 0. The van der Waals surface area contributed by atoms with Crippen LogP contribution in [-0.4, -0.2) is 21.7 Å². The van der Waals surface area contributed by atoms with E-state index >= 15 is 0 Å². The second-order valence-electron chi connectivity index (χ2n) is 4.26. The number of benzene rings is 1. The molecule has 0 aliphatic heterocycles. The summed E-state index contributed by atoms with van der Waals surface area (Å²) < 4.78 is 7.08. The van der Waals surface area contributed by atoms with Gasteiger partial charge in [-0.05, 0) is 25.5 Å². The van der Waals surface area contributed by atoms with Gasteiger partial charge in [-0.2, -0.15) is 0 Å². The van der Waals surface area contributed by atoms with E-state index in [2.05, 4.69) is 17.2 Å². The van der Waals surface area contributed by atoms with Gasteiger partial charge in [0.25, 0.3) is 0 Å². The first-order chi connectivity index (χ1) is 9.19. The van der Waals surface area contributed by atoms with Crippen LogP contribution in [0.2, 0.25) is 0 Å².